The number of oxazole rings is 1. The van der Waals surface area contributed by atoms with Gasteiger partial charge in [-0.05, 0) is 25.0 Å². The molecule has 2 aliphatic rings. The quantitative estimate of drug-likeness (QED) is 0.713. The predicted octanol–water partition coefficient (Wildman–Crippen LogP) is 2.99. The maximum atomic E-state index is 11.4. The topological polar surface area (TPSA) is 103 Å². The average Bonchev–Trinajstić information content (AvgIpc) is 3.34. The van der Waals surface area contributed by atoms with E-state index >= 15 is 0 Å². The number of carbonyl (C=O) groups is 1. The highest BCUT2D eigenvalue weighted by Gasteiger charge is 2.43. The number of benzene rings is 1. The van der Waals surface area contributed by atoms with Gasteiger partial charge in [0.15, 0.2) is 11.1 Å². The number of thiazole rings is 1. The van der Waals surface area contributed by atoms with Crippen LogP contribution in [-0.2, 0) is 0 Å². The number of amides is 1. The van der Waals surface area contributed by atoms with Crippen LogP contribution in [0.3, 0.4) is 0 Å². The predicted molar refractivity (Wildman–Crippen MR) is 95.7 cm³/mol. The van der Waals surface area contributed by atoms with Crippen molar-refractivity contribution in [1.82, 2.24) is 14.9 Å². The summed E-state index contributed by atoms with van der Waals surface area (Å²) in [6, 6.07) is 3.68. The molecule has 26 heavy (non-hydrogen) atoms. The van der Waals surface area contributed by atoms with Crippen LogP contribution in [0.15, 0.2) is 27.4 Å². The van der Waals surface area contributed by atoms with Crippen LogP contribution < -0.4 is 4.90 Å². The van der Waals surface area contributed by atoms with Gasteiger partial charge >= 0.3 is 6.09 Å². The fourth-order valence-electron chi connectivity index (χ4n) is 4.04. The van der Waals surface area contributed by atoms with Crippen LogP contribution in [0.1, 0.15) is 12.8 Å². The Kier molecular flexibility index (Phi) is 3.33. The van der Waals surface area contributed by atoms with Crippen molar-refractivity contribution < 1.29 is 19.4 Å². The number of carboxylic acid groups (broad SMARTS) is 1. The number of hydrogen-bond acceptors (Lipinski definition) is 7. The van der Waals surface area contributed by atoms with Crippen molar-refractivity contribution in [2.45, 2.75) is 24.9 Å². The molecule has 0 saturated carbocycles. The van der Waals surface area contributed by atoms with Crippen molar-refractivity contribution in [3.05, 3.63) is 23.0 Å². The van der Waals surface area contributed by atoms with Crippen molar-refractivity contribution in [3.8, 4) is 17.0 Å². The van der Waals surface area contributed by atoms with Gasteiger partial charge in [-0.3, -0.25) is 4.90 Å². The molecule has 2 aliphatic heterocycles. The molecular formula is C17H16N4O4S. The van der Waals surface area contributed by atoms with Crippen LogP contribution >= 0.6 is 11.3 Å². The number of anilines is 1. The first-order valence-electron chi connectivity index (χ1n) is 8.39. The first-order chi connectivity index (χ1) is 12.6. The summed E-state index contributed by atoms with van der Waals surface area (Å²) in [6.07, 6.45) is 0.838. The Morgan fingerprint density at radius 2 is 2.04 bits per heavy atom. The third kappa shape index (κ3) is 2.23. The van der Waals surface area contributed by atoms with Crippen molar-refractivity contribution in [2.24, 2.45) is 0 Å². The van der Waals surface area contributed by atoms with Gasteiger partial charge in [-0.1, -0.05) is 0 Å². The summed E-state index contributed by atoms with van der Waals surface area (Å²) in [6.45, 7) is 1.09. The summed E-state index contributed by atoms with van der Waals surface area (Å²) in [5.74, 6) is 0.0566. The summed E-state index contributed by atoms with van der Waals surface area (Å²) < 4.78 is 6.02. The maximum absolute atomic E-state index is 11.4. The fourth-order valence-corrected chi connectivity index (χ4v) is 4.59. The maximum Gasteiger partial charge on any atom is 0.407 e. The third-order valence-electron chi connectivity index (χ3n) is 5.19. The highest BCUT2D eigenvalue weighted by molar-refractivity contribution is 7.07. The molecule has 134 valence electrons. The molecule has 8 nitrogen and oxygen atoms in total. The first kappa shape index (κ1) is 15.4. The normalized spacial score (nSPS) is 22.3. The number of nitrogens with zero attached hydrogens (tertiary/aromatic N) is 4. The Hall–Kier alpha value is -2.81. The van der Waals surface area contributed by atoms with Gasteiger partial charge in [0, 0.05) is 24.0 Å². The van der Waals surface area contributed by atoms with E-state index in [9.17, 15) is 15.0 Å². The molecule has 9 heteroatoms. The fraction of sp³-hybridized carbons (Fsp3) is 0.353. The summed E-state index contributed by atoms with van der Waals surface area (Å²) in [4.78, 5) is 23.8. The van der Waals surface area contributed by atoms with Crippen LogP contribution in [0, 0.1) is 0 Å². The molecule has 0 spiro atoms. The average molecular weight is 372 g/mol. The number of piperazine rings is 1. The monoisotopic (exact) mass is 372 g/mol. The number of rotatable bonds is 2. The van der Waals surface area contributed by atoms with E-state index in [1.165, 1.54) is 11.3 Å². The van der Waals surface area contributed by atoms with E-state index in [2.05, 4.69) is 9.97 Å². The van der Waals surface area contributed by atoms with Crippen LogP contribution in [0.5, 0.6) is 5.75 Å². The summed E-state index contributed by atoms with van der Waals surface area (Å²) in [5, 5.41) is 21.5. The minimum Gasteiger partial charge on any atom is -0.506 e. The second kappa shape index (κ2) is 5.60. The molecule has 0 radical (unpaired) electrons. The molecule has 2 atom stereocenters. The van der Waals surface area contributed by atoms with E-state index in [1.54, 1.807) is 22.5 Å². The van der Waals surface area contributed by atoms with Crippen LogP contribution in [0.2, 0.25) is 0 Å². The number of phenolic OH excluding ortho intramolecular Hbond substituents is 1. The molecule has 5 rings (SSSR count). The summed E-state index contributed by atoms with van der Waals surface area (Å²) in [7, 11) is 0. The highest BCUT2D eigenvalue weighted by atomic mass is 32.1. The van der Waals surface area contributed by atoms with Gasteiger partial charge in [0.25, 0.3) is 6.01 Å². The number of fused-ring (bicyclic) bond motifs is 3. The van der Waals surface area contributed by atoms with Crippen molar-refractivity contribution in [2.75, 3.05) is 18.0 Å². The van der Waals surface area contributed by atoms with Gasteiger partial charge in [-0.15, -0.1) is 11.3 Å². The lowest BCUT2D eigenvalue weighted by molar-refractivity contribution is 0.114. The Morgan fingerprint density at radius 1 is 1.27 bits per heavy atom. The summed E-state index contributed by atoms with van der Waals surface area (Å²) in [5.41, 5.74) is 4.20. The third-order valence-corrected chi connectivity index (χ3v) is 5.78. The number of aromatic nitrogens is 2. The van der Waals surface area contributed by atoms with Gasteiger partial charge in [0.1, 0.15) is 5.75 Å². The van der Waals surface area contributed by atoms with Crippen LogP contribution in [-0.4, -0.2) is 56.3 Å². The largest absolute Gasteiger partial charge is 0.506 e. The first-order valence-corrected chi connectivity index (χ1v) is 9.33. The Morgan fingerprint density at radius 3 is 2.69 bits per heavy atom. The van der Waals surface area contributed by atoms with E-state index in [0.717, 1.165) is 24.1 Å². The second-order valence-corrected chi connectivity index (χ2v) is 7.38. The van der Waals surface area contributed by atoms with Crippen molar-refractivity contribution in [3.63, 3.8) is 0 Å². The molecule has 2 unspecified atom stereocenters. The zero-order chi connectivity index (χ0) is 17.8. The SMILES string of the molecule is O=C(O)N1C2CCC1CN(c1nc3c(O)ccc(-c4cscn4)c3o1)C2. The molecule has 2 fully saturated rings. The Labute approximate surface area is 152 Å². The van der Waals surface area contributed by atoms with E-state index < -0.39 is 6.09 Å². The van der Waals surface area contributed by atoms with Gasteiger partial charge in [0.2, 0.25) is 0 Å². The van der Waals surface area contributed by atoms with Gasteiger partial charge in [-0.25, -0.2) is 9.78 Å². The van der Waals surface area contributed by atoms with E-state index in [4.69, 9.17) is 4.42 Å². The molecule has 0 aliphatic carbocycles. The molecule has 2 bridgehead atoms. The Bertz CT molecular complexity index is 972. The number of aromatic hydroxyl groups is 1. The van der Waals surface area contributed by atoms with Crippen LogP contribution in [0.25, 0.3) is 22.4 Å². The van der Waals surface area contributed by atoms with Crippen molar-refractivity contribution >= 4 is 34.5 Å². The van der Waals surface area contributed by atoms with Gasteiger partial charge in [0.05, 0.1) is 23.3 Å². The highest BCUT2D eigenvalue weighted by Crippen LogP contribution is 2.38. The zero-order valence-electron chi connectivity index (χ0n) is 13.7. The smallest absolute Gasteiger partial charge is 0.407 e. The van der Waals surface area contributed by atoms with E-state index in [-0.39, 0.29) is 17.8 Å². The minimum atomic E-state index is -0.863. The zero-order valence-corrected chi connectivity index (χ0v) is 14.5. The lowest BCUT2D eigenvalue weighted by Crippen LogP contribution is -2.55. The van der Waals surface area contributed by atoms with Gasteiger partial charge in [-0.2, -0.15) is 4.98 Å². The molecule has 1 amide bonds. The standard InChI is InChI=1S/C17H16N4O4S/c22-13-4-3-11(12-7-26-8-18-12)15-14(13)19-16(25-15)20-5-9-1-2-10(6-20)21(9)17(23)24/h3-4,7-10,22H,1-2,5-6H2,(H,23,24). The van der Waals surface area contributed by atoms with Crippen LogP contribution in [0.4, 0.5) is 10.8 Å². The molecule has 4 heterocycles. The lowest BCUT2D eigenvalue weighted by atomic mass is 10.1. The second-order valence-electron chi connectivity index (χ2n) is 6.66. The molecule has 2 saturated heterocycles. The number of hydrogen-bond donors (Lipinski definition) is 2. The Balaban J connectivity index is 1.54. The van der Waals surface area contributed by atoms with E-state index in [0.29, 0.717) is 30.2 Å². The van der Waals surface area contributed by atoms with E-state index in [1.807, 2.05) is 10.3 Å². The summed E-state index contributed by atoms with van der Waals surface area (Å²) >= 11 is 1.49. The van der Waals surface area contributed by atoms with Gasteiger partial charge < -0.3 is 19.5 Å². The molecule has 2 aromatic heterocycles. The molecular weight excluding hydrogens is 356 g/mol. The minimum absolute atomic E-state index is 0.0483. The molecule has 1 aromatic carbocycles. The lowest BCUT2D eigenvalue weighted by Gasteiger charge is -2.38. The van der Waals surface area contributed by atoms with Crippen molar-refractivity contribution in [1.29, 1.82) is 0 Å². The number of phenols is 1. The molecule has 3 aromatic rings. The molecule has 2 N–H and O–H groups in total.